The van der Waals surface area contributed by atoms with E-state index >= 15 is 0 Å². The highest BCUT2D eigenvalue weighted by atomic mass is 32.1. The van der Waals surface area contributed by atoms with Crippen LogP contribution in [0.1, 0.15) is 40.4 Å². The first kappa shape index (κ1) is 21.5. The smallest absolute Gasteiger partial charge is 0.269 e. The lowest BCUT2D eigenvalue weighted by Gasteiger charge is -2.13. The van der Waals surface area contributed by atoms with Crippen LogP contribution in [0, 0.1) is 12.8 Å². The maximum atomic E-state index is 12.3. The first-order valence-electron chi connectivity index (χ1n) is 9.04. The summed E-state index contributed by atoms with van der Waals surface area (Å²) in [7, 11) is 1.52. The highest BCUT2D eigenvalue weighted by molar-refractivity contribution is 7.12. The summed E-state index contributed by atoms with van der Waals surface area (Å²) in [6.45, 7) is 6.82. The summed E-state index contributed by atoms with van der Waals surface area (Å²) in [5, 5.41) is 0. The van der Waals surface area contributed by atoms with Crippen molar-refractivity contribution < 1.29 is 19.1 Å². The van der Waals surface area contributed by atoms with Crippen LogP contribution in [0.15, 0.2) is 36.4 Å². The van der Waals surface area contributed by atoms with Crippen LogP contribution in [-0.4, -0.2) is 25.5 Å². The largest absolute Gasteiger partial charge is 0.493 e. The van der Waals surface area contributed by atoms with Crippen molar-refractivity contribution >= 4 is 29.2 Å². The predicted octanol–water partition coefficient (Wildman–Crippen LogP) is 3.96. The Kier molecular flexibility index (Phi) is 8.07. The molecule has 0 radical (unpaired) electrons. The molecule has 0 bridgehead atoms. The van der Waals surface area contributed by atoms with E-state index in [1.165, 1.54) is 18.1 Å². The number of carbonyl (C=O) groups excluding carboxylic acids is 2. The van der Waals surface area contributed by atoms with E-state index in [1.807, 2.05) is 19.1 Å². The summed E-state index contributed by atoms with van der Waals surface area (Å²) in [5.74, 6) is 0.729. The van der Waals surface area contributed by atoms with Gasteiger partial charge in [-0.25, -0.2) is 0 Å². The minimum Gasteiger partial charge on any atom is -0.493 e. The van der Waals surface area contributed by atoms with Crippen molar-refractivity contribution in [2.45, 2.75) is 27.2 Å². The Morgan fingerprint density at radius 2 is 1.93 bits per heavy atom. The van der Waals surface area contributed by atoms with Gasteiger partial charge >= 0.3 is 0 Å². The Balaban J connectivity index is 1.90. The second-order valence-corrected chi connectivity index (χ2v) is 7.94. The van der Waals surface area contributed by atoms with E-state index in [9.17, 15) is 9.59 Å². The molecule has 2 N–H and O–H groups in total. The minimum absolute atomic E-state index is 0.353. The van der Waals surface area contributed by atoms with Gasteiger partial charge in [0.1, 0.15) is 0 Å². The van der Waals surface area contributed by atoms with Crippen molar-refractivity contribution in [3.05, 3.63) is 51.7 Å². The number of methoxy groups -OCH3 is 1. The van der Waals surface area contributed by atoms with Gasteiger partial charge in [-0.15, -0.1) is 11.3 Å². The van der Waals surface area contributed by atoms with Gasteiger partial charge < -0.3 is 9.47 Å². The van der Waals surface area contributed by atoms with Gasteiger partial charge in [0.05, 0.1) is 13.7 Å². The molecule has 0 atom stereocenters. The quantitative estimate of drug-likeness (QED) is 0.518. The Hall–Kier alpha value is -2.80. The molecule has 0 unspecified atom stereocenters. The summed E-state index contributed by atoms with van der Waals surface area (Å²) in [5.41, 5.74) is 5.10. The van der Waals surface area contributed by atoms with Crippen LogP contribution < -0.4 is 20.3 Å². The van der Waals surface area contributed by atoms with E-state index in [-0.39, 0.29) is 0 Å². The number of ether oxygens (including phenoxy) is 2. The van der Waals surface area contributed by atoms with Gasteiger partial charge in [0, 0.05) is 21.4 Å². The van der Waals surface area contributed by atoms with Gasteiger partial charge in [-0.3, -0.25) is 20.4 Å². The Morgan fingerprint density at radius 3 is 2.57 bits per heavy atom. The molecule has 7 heteroatoms. The summed E-state index contributed by atoms with van der Waals surface area (Å²) in [6, 6.07) is 8.80. The first-order valence-corrected chi connectivity index (χ1v) is 9.86. The number of hydrogen-bond donors (Lipinski definition) is 2. The Labute approximate surface area is 169 Å². The molecule has 2 aromatic rings. The fourth-order valence-corrected chi connectivity index (χ4v) is 3.05. The lowest BCUT2D eigenvalue weighted by atomic mass is 10.1. The molecule has 1 aromatic heterocycles. The second-order valence-electron chi connectivity index (χ2n) is 6.62. The molecule has 0 aliphatic carbocycles. The van der Waals surface area contributed by atoms with Crippen LogP contribution in [0.25, 0.3) is 6.08 Å². The number of carbonyl (C=O) groups is 2. The zero-order valence-corrected chi connectivity index (χ0v) is 17.4. The van der Waals surface area contributed by atoms with Crippen molar-refractivity contribution in [2.24, 2.45) is 5.92 Å². The van der Waals surface area contributed by atoms with Crippen molar-refractivity contribution in [3.8, 4) is 11.5 Å². The van der Waals surface area contributed by atoms with E-state index in [1.54, 1.807) is 35.6 Å². The molecule has 0 spiro atoms. The predicted molar refractivity (Wildman–Crippen MR) is 112 cm³/mol. The van der Waals surface area contributed by atoms with Crippen molar-refractivity contribution in [1.82, 2.24) is 10.9 Å². The number of thiophene rings is 1. The third-order valence-electron chi connectivity index (χ3n) is 3.84. The normalized spacial score (nSPS) is 10.9. The topological polar surface area (TPSA) is 76.7 Å². The van der Waals surface area contributed by atoms with E-state index in [0.717, 1.165) is 11.3 Å². The standard InChI is InChI=1S/C21H26N2O4S/c1-14(2)11-12-27-18-9-6-16(13-19(18)26-4)21(25)23-22-20(24)10-8-17-7-5-15(3)28-17/h5-10,13-14H,11-12H2,1-4H3,(H,22,24)(H,23,25)/b10-8+. The summed E-state index contributed by atoms with van der Waals surface area (Å²) < 4.78 is 11.0. The van der Waals surface area contributed by atoms with Crippen LogP contribution in [0.2, 0.25) is 0 Å². The lowest BCUT2D eigenvalue weighted by Crippen LogP contribution is -2.40. The maximum Gasteiger partial charge on any atom is 0.269 e. The summed E-state index contributed by atoms with van der Waals surface area (Å²) in [4.78, 5) is 26.3. The number of benzene rings is 1. The molecular formula is C21H26N2O4S. The van der Waals surface area contributed by atoms with Gasteiger partial charge in [-0.1, -0.05) is 13.8 Å². The number of rotatable bonds is 8. The number of amides is 2. The number of hydrazine groups is 1. The van der Waals surface area contributed by atoms with Crippen molar-refractivity contribution in [2.75, 3.05) is 13.7 Å². The molecule has 0 saturated carbocycles. The minimum atomic E-state index is -0.444. The fourth-order valence-electron chi connectivity index (χ4n) is 2.27. The molecule has 2 amide bonds. The average Bonchev–Trinajstić information content (AvgIpc) is 3.09. The Bertz CT molecular complexity index is 843. The number of aryl methyl sites for hydroxylation is 1. The number of hydrogen-bond acceptors (Lipinski definition) is 5. The molecule has 0 fully saturated rings. The Morgan fingerprint density at radius 1 is 1.14 bits per heavy atom. The van der Waals surface area contributed by atoms with E-state index < -0.39 is 11.8 Å². The van der Waals surface area contributed by atoms with Crippen LogP contribution in [-0.2, 0) is 4.79 Å². The molecule has 28 heavy (non-hydrogen) atoms. The van der Waals surface area contributed by atoms with Gasteiger partial charge in [-0.2, -0.15) is 0 Å². The number of nitrogens with one attached hydrogen (secondary N) is 2. The highest BCUT2D eigenvalue weighted by Crippen LogP contribution is 2.28. The van der Waals surface area contributed by atoms with Crippen LogP contribution in [0.4, 0.5) is 0 Å². The van der Waals surface area contributed by atoms with Gasteiger partial charge in [-0.05, 0) is 55.7 Å². The molecule has 2 rings (SSSR count). The zero-order valence-electron chi connectivity index (χ0n) is 16.6. The van der Waals surface area contributed by atoms with Crippen LogP contribution in [0.3, 0.4) is 0 Å². The molecule has 0 aliphatic heterocycles. The molecule has 0 saturated heterocycles. The molecule has 0 aliphatic rings. The van der Waals surface area contributed by atoms with Crippen LogP contribution in [0.5, 0.6) is 11.5 Å². The SMILES string of the molecule is COc1cc(C(=O)NNC(=O)/C=C/c2ccc(C)s2)ccc1OCCC(C)C. The summed E-state index contributed by atoms with van der Waals surface area (Å²) >= 11 is 1.58. The molecule has 1 heterocycles. The fraction of sp³-hybridized carbons (Fsp3) is 0.333. The average molecular weight is 403 g/mol. The molecule has 150 valence electrons. The van der Waals surface area contributed by atoms with E-state index in [0.29, 0.717) is 29.6 Å². The monoisotopic (exact) mass is 402 g/mol. The third-order valence-corrected chi connectivity index (χ3v) is 4.80. The third kappa shape index (κ3) is 6.74. The lowest BCUT2D eigenvalue weighted by molar-refractivity contribution is -0.117. The zero-order chi connectivity index (χ0) is 20.5. The first-order chi connectivity index (χ1) is 13.4. The van der Waals surface area contributed by atoms with Crippen molar-refractivity contribution in [3.63, 3.8) is 0 Å². The van der Waals surface area contributed by atoms with Crippen LogP contribution >= 0.6 is 11.3 Å². The maximum absolute atomic E-state index is 12.3. The molecule has 6 nitrogen and oxygen atoms in total. The summed E-state index contributed by atoms with van der Waals surface area (Å²) in [6.07, 6.45) is 4.00. The second kappa shape index (κ2) is 10.5. The van der Waals surface area contributed by atoms with Gasteiger partial charge in [0.2, 0.25) is 0 Å². The van der Waals surface area contributed by atoms with Crippen molar-refractivity contribution in [1.29, 1.82) is 0 Å². The highest BCUT2D eigenvalue weighted by Gasteiger charge is 2.12. The van der Waals surface area contributed by atoms with E-state index in [4.69, 9.17) is 9.47 Å². The van der Waals surface area contributed by atoms with Gasteiger partial charge in [0.15, 0.2) is 11.5 Å². The van der Waals surface area contributed by atoms with E-state index in [2.05, 4.69) is 24.7 Å². The molecule has 1 aromatic carbocycles. The van der Waals surface area contributed by atoms with Gasteiger partial charge in [0.25, 0.3) is 11.8 Å². The molecular weight excluding hydrogens is 376 g/mol.